The molecule has 1 aliphatic rings. The highest BCUT2D eigenvalue weighted by atomic mass is 16.5. The van der Waals surface area contributed by atoms with Crippen molar-refractivity contribution in [3.8, 4) is 5.75 Å². The molecule has 3 rings (SSSR count). The van der Waals surface area contributed by atoms with Crippen LogP contribution >= 0.6 is 0 Å². The maximum atomic E-state index is 5.73. The van der Waals surface area contributed by atoms with Gasteiger partial charge in [0, 0.05) is 12.6 Å². The summed E-state index contributed by atoms with van der Waals surface area (Å²) < 4.78 is 7.10. The summed E-state index contributed by atoms with van der Waals surface area (Å²) in [6.07, 6.45) is 3.70. The lowest BCUT2D eigenvalue weighted by atomic mass is 10.0. The molecule has 6 nitrogen and oxygen atoms in total. The van der Waals surface area contributed by atoms with Crippen LogP contribution in [-0.4, -0.2) is 34.3 Å². The number of hydrogen-bond donors (Lipinski definition) is 1. The monoisotopic (exact) mass is 261 g/mol. The van der Waals surface area contributed by atoms with E-state index in [1.165, 1.54) is 19.3 Å². The van der Waals surface area contributed by atoms with E-state index in [9.17, 15) is 0 Å². The van der Waals surface area contributed by atoms with Gasteiger partial charge >= 0.3 is 0 Å². The number of methoxy groups -OCH3 is 1. The van der Waals surface area contributed by atoms with Crippen LogP contribution in [0.1, 0.15) is 26.2 Å². The van der Waals surface area contributed by atoms with Crippen LogP contribution in [0.3, 0.4) is 0 Å². The largest absolute Gasteiger partial charge is 0.493 e. The van der Waals surface area contributed by atoms with Crippen LogP contribution in [0.5, 0.6) is 5.75 Å². The Bertz CT molecular complexity index is 594. The number of ether oxygens (including phenoxy) is 1. The maximum absolute atomic E-state index is 5.73. The van der Waals surface area contributed by atoms with E-state index < -0.39 is 0 Å². The number of hydrogen-bond acceptors (Lipinski definition) is 5. The van der Waals surface area contributed by atoms with Crippen molar-refractivity contribution in [1.82, 2.24) is 14.6 Å². The van der Waals surface area contributed by atoms with E-state index in [0.29, 0.717) is 17.4 Å². The number of pyridine rings is 1. The van der Waals surface area contributed by atoms with Crippen LogP contribution in [0.25, 0.3) is 5.65 Å². The molecule has 0 radical (unpaired) electrons. The Hall–Kier alpha value is -1.98. The SMILES string of the molecule is COc1ccc(N2CCCCC2C)n2nc(N)nc12. The van der Waals surface area contributed by atoms with Crippen molar-refractivity contribution < 1.29 is 4.74 Å². The predicted octanol–water partition coefficient (Wildman–Crippen LogP) is 1.70. The maximum Gasteiger partial charge on any atom is 0.240 e. The van der Waals surface area contributed by atoms with Gasteiger partial charge in [-0.1, -0.05) is 0 Å². The van der Waals surface area contributed by atoms with E-state index in [1.807, 2.05) is 12.1 Å². The van der Waals surface area contributed by atoms with E-state index in [4.69, 9.17) is 10.5 Å². The molecule has 0 amide bonds. The molecule has 19 heavy (non-hydrogen) atoms. The molecule has 1 unspecified atom stereocenters. The fourth-order valence-electron chi connectivity index (χ4n) is 2.76. The van der Waals surface area contributed by atoms with Crippen LogP contribution in [-0.2, 0) is 0 Å². The summed E-state index contributed by atoms with van der Waals surface area (Å²) in [6.45, 7) is 3.29. The average molecular weight is 261 g/mol. The summed E-state index contributed by atoms with van der Waals surface area (Å²) in [5, 5.41) is 4.29. The number of anilines is 2. The molecule has 102 valence electrons. The Morgan fingerprint density at radius 2 is 2.21 bits per heavy atom. The zero-order valence-electron chi connectivity index (χ0n) is 11.3. The Labute approximate surface area is 112 Å². The van der Waals surface area contributed by atoms with E-state index in [1.54, 1.807) is 11.6 Å². The molecule has 1 aliphatic heterocycles. The summed E-state index contributed by atoms with van der Waals surface area (Å²) in [7, 11) is 1.63. The topological polar surface area (TPSA) is 68.7 Å². The first-order chi connectivity index (χ1) is 9.20. The third-order valence-electron chi connectivity index (χ3n) is 3.76. The Morgan fingerprint density at radius 1 is 1.37 bits per heavy atom. The number of nitrogen functional groups attached to an aromatic ring is 1. The second kappa shape index (κ2) is 4.60. The summed E-state index contributed by atoms with van der Waals surface area (Å²) >= 11 is 0. The Balaban J connectivity index is 2.13. The zero-order valence-corrected chi connectivity index (χ0v) is 11.3. The predicted molar refractivity (Wildman–Crippen MR) is 74.6 cm³/mol. The van der Waals surface area contributed by atoms with Gasteiger partial charge in [-0.05, 0) is 38.3 Å². The molecule has 2 aromatic heterocycles. The normalized spacial score (nSPS) is 19.9. The lowest BCUT2D eigenvalue weighted by molar-refractivity contribution is 0.416. The molecule has 1 fully saturated rings. The zero-order chi connectivity index (χ0) is 13.4. The summed E-state index contributed by atoms with van der Waals surface area (Å²) in [6, 6.07) is 4.47. The summed E-state index contributed by atoms with van der Waals surface area (Å²) in [4.78, 5) is 6.61. The first-order valence-electron chi connectivity index (χ1n) is 6.66. The van der Waals surface area contributed by atoms with Crippen LogP contribution in [0.4, 0.5) is 11.8 Å². The average Bonchev–Trinajstić information content (AvgIpc) is 2.80. The van der Waals surface area contributed by atoms with E-state index >= 15 is 0 Å². The minimum Gasteiger partial charge on any atom is -0.493 e. The van der Waals surface area contributed by atoms with Crippen LogP contribution in [0.15, 0.2) is 12.1 Å². The fourth-order valence-corrected chi connectivity index (χ4v) is 2.76. The quantitative estimate of drug-likeness (QED) is 0.891. The molecule has 0 aliphatic carbocycles. The standard InChI is InChI=1S/C13H19N5O/c1-9-5-3-4-8-17(9)11-7-6-10(19-2)12-15-13(14)16-18(11)12/h6-7,9H,3-5,8H2,1-2H3,(H2,14,16). The molecule has 0 aromatic carbocycles. The molecular weight excluding hydrogens is 242 g/mol. The molecule has 2 aromatic rings. The summed E-state index contributed by atoms with van der Waals surface area (Å²) in [5.41, 5.74) is 6.41. The summed E-state index contributed by atoms with van der Waals surface area (Å²) in [5.74, 6) is 2.00. The van der Waals surface area contributed by atoms with Crippen LogP contribution in [0.2, 0.25) is 0 Å². The molecule has 0 saturated carbocycles. The molecule has 1 atom stereocenters. The molecule has 2 N–H and O–H groups in total. The number of nitrogens with two attached hydrogens (primary N) is 1. The van der Waals surface area contributed by atoms with Gasteiger partial charge in [-0.2, -0.15) is 9.50 Å². The van der Waals surface area contributed by atoms with Crippen molar-refractivity contribution in [2.75, 3.05) is 24.3 Å². The molecule has 1 saturated heterocycles. The van der Waals surface area contributed by atoms with Gasteiger partial charge in [0.15, 0.2) is 5.75 Å². The van der Waals surface area contributed by atoms with Crippen molar-refractivity contribution in [3.05, 3.63) is 12.1 Å². The second-order valence-electron chi connectivity index (χ2n) is 5.00. The van der Waals surface area contributed by atoms with Gasteiger partial charge in [0.1, 0.15) is 5.82 Å². The van der Waals surface area contributed by atoms with Crippen molar-refractivity contribution >= 4 is 17.4 Å². The van der Waals surface area contributed by atoms with Gasteiger partial charge in [0.05, 0.1) is 7.11 Å². The van der Waals surface area contributed by atoms with Gasteiger partial charge in [0.2, 0.25) is 11.6 Å². The highest BCUT2D eigenvalue weighted by molar-refractivity contribution is 5.62. The van der Waals surface area contributed by atoms with Crippen molar-refractivity contribution in [2.24, 2.45) is 0 Å². The third-order valence-corrected chi connectivity index (χ3v) is 3.76. The van der Waals surface area contributed by atoms with Gasteiger partial charge < -0.3 is 15.4 Å². The second-order valence-corrected chi connectivity index (χ2v) is 5.00. The molecular formula is C13H19N5O. The third kappa shape index (κ3) is 1.97. The highest BCUT2D eigenvalue weighted by Crippen LogP contribution is 2.29. The number of fused-ring (bicyclic) bond motifs is 1. The number of nitrogens with zero attached hydrogens (tertiary/aromatic N) is 4. The minimum absolute atomic E-state index is 0.274. The van der Waals surface area contributed by atoms with Crippen molar-refractivity contribution in [3.63, 3.8) is 0 Å². The van der Waals surface area contributed by atoms with Crippen LogP contribution < -0.4 is 15.4 Å². The van der Waals surface area contributed by atoms with Crippen LogP contribution in [0, 0.1) is 0 Å². The first-order valence-corrected chi connectivity index (χ1v) is 6.66. The van der Waals surface area contributed by atoms with Crippen molar-refractivity contribution in [1.29, 1.82) is 0 Å². The number of aromatic nitrogens is 3. The van der Waals surface area contributed by atoms with Gasteiger partial charge in [-0.15, -0.1) is 5.10 Å². The molecule has 3 heterocycles. The van der Waals surface area contributed by atoms with Gasteiger partial charge in [-0.3, -0.25) is 0 Å². The Kier molecular flexibility index (Phi) is 2.93. The smallest absolute Gasteiger partial charge is 0.240 e. The number of piperidine rings is 1. The minimum atomic E-state index is 0.274. The molecule has 0 bridgehead atoms. The molecule has 6 heteroatoms. The van der Waals surface area contributed by atoms with E-state index in [0.717, 1.165) is 12.4 Å². The number of rotatable bonds is 2. The lowest BCUT2D eigenvalue weighted by Gasteiger charge is -2.35. The first kappa shape index (κ1) is 12.1. The van der Waals surface area contributed by atoms with E-state index in [2.05, 4.69) is 21.9 Å². The lowest BCUT2D eigenvalue weighted by Crippen LogP contribution is -2.38. The highest BCUT2D eigenvalue weighted by Gasteiger charge is 2.22. The molecule has 0 spiro atoms. The Morgan fingerprint density at radius 3 is 2.95 bits per heavy atom. The van der Waals surface area contributed by atoms with Gasteiger partial charge in [-0.25, -0.2) is 0 Å². The van der Waals surface area contributed by atoms with Crippen molar-refractivity contribution in [2.45, 2.75) is 32.2 Å². The van der Waals surface area contributed by atoms with Gasteiger partial charge in [0.25, 0.3) is 0 Å². The fraction of sp³-hybridized carbons (Fsp3) is 0.538. The van der Waals surface area contributed by atoms with E-state index in [-0.39, 0.29) is 5.95 Å².